The van der Waals surface area contributed by atoms with Gasteiger partial charge in [0.15, 0.2) is 6.61 Å². The molecular formula is C22H28N2O5S. The number of nitrogens with zero attached hydrogens (tertiary/aromatic N) is 1. The third-order valence-corrected chi connectivity index (χ3v) is 7.09. The van der Waals surface area contributed by atoms with Gasteiger partial charge < -0.3 is 14.8 Å². The Morgan fingerprint density at radius 2 is 1.80 bits per heavy atom. The lowest BCUT2D eigenvalue weighted by Gasteiger charge is -2.26. The molecule has 1 fully saturated rings. The van der Waals surface area contributed by atoms with Crippen molar-refractivity contribution in [2.45, 2.75) is 25.2 Å². The van der Waals surface area contributed by atoms with Crippen molar-refractivity contribution in [3.63, 3.8) is 0 Å². The van der Waals surface area contributed by atoms with Crippen molar-refractivity contribution in [3.8, 4) is 5.75 Å². The number of ether oxygens (including phenoxy) is 2. The van der Waals surface area contributed by atoms with Crippen LogP contribution < -0.4 is 10.1 Å². The molecule has 30 heavy (non-hydrogen) atoms. The normalized spacial score (nSPS) is 15.0. The molecule has 0 spiro atoms. The van der Waals surface area contributed by atoms with E-state index in [9.17, 15) is 13.2 Å². The van der Waals surface area contributed by atoms with Crippen molar-refractivity contribution in [3.05, 3.63) is 59.2 Å². The number of morpholine rings is 1. The highest BCUT2D eigenvalue weighted by atomic mass is 32.2. The fourth-order valence-corrected chi connectivity index (χ4v) is 4.59. The van der Waals surface area contributed by atoms with Gasteiger partial charge in [-0.15, -0.1) is 0 Å². The Morgan fingerprint density at radius 1 is 1.10 bits per heavy atom. The highest BCUT2D eigenvalue weighted by Gasteiger charge is 2.26. The number of hydrogen-bond acceptors (Lipinski definition) is 5. The molecule has 1 amide bonds. The van der Waals surface area contributed by atoms with Crippen molar-refractivity contribution >= 4 is 15.9 Å². The van der Waals surface area contributed by atoms with Crippen molar-refractivity contribution in [2.24, 2.45) is 0 Å². The Labute approximate surface area is 178 Å². The second-order valence-electron chi connectivity index (χ2n) is 7.25. The molecule has 0 aromatic heterocycles. The monoisotopic (exact) mass is 432 g/mol. The van der Waals surface area contributed by atoms with Gasteiger partial charge in [-0.1, -0.05) is 24.3 Å². The predicted molar refractivity (Wildman–Crippen MR) is 114 cm³/mol. The second kappa shape index (κ2) is 10.1. The number of amides is 1. The van der Waals surface area contributed by atoms with Gasteiger partial charge in [-0.2, -0.15) is 4.31 Å². The molecule has 0 aliphatic carbocycles. The van der Waals surface area contributed by atoms with Crippen LogP contribution in [0, 0.1) is 13.8 Å². The summed E-state index contributed by atoms with van der Waals surface area (Å²) in [5, 5.41) is 2.83. The second-order valence-corrected chi connectivity index (χ2v) is 9.19. The zero-order chi connectivity index (χ0) is 21.6. The molecule has 0 atom stereocenters. The van der Waals surface area contributed by atoms with Gasteiger partial charge in [0.1, 0.15) is 5.75 Å². The number of rotatable bonds is 8. The fourth-order valence-electron chi connectivity index (χ4n) is 3.19. The van der Waals surface area contributed by atoms with Crippen molar-refractivity contribution in [2.75, 3.05) is 39.5 Å². The largest absolute Gasteiger partial charge is 0.483 e. The van der Waals surface area contributed by atoms with E-state index in [1.165, 1.54) is 4.31 Å². The average molecular weight is 433 g/mol. The van der Waals surface area contributed by atoms with E-state index < -0.39 is 10.0 Å². The molecule has 3 rings (SSSR count). The smallest absolute Gasteiger partial charge is 0.257 e. The Morgan fingerprint density at radius 3 is 2.50 bits per heavy atom. The van der Waals surface area contributed by atoms with E-state index in [-0.39, 0.29) is 17.4 Å². The van der Waals surface area contributed by atoms with E-state index in [0.717, 1.165) is 16.7 Å². The van der Waals surface area contributed by atoms with Gasteiger partial charge in [0.2, 0.25) is 10.0 Å². The average Bonchev–Trinajstić information content (AvgIpc) is 2.76. The van der Waals surface area contributed by atoms with E-state index >= 15 is 0 Å². The van der Waals surface area contributed by atoms with Crippen molar-refractivity contribution in [1.82, 2.24) is 9.62 Å². The zero-order valence-electron chi connectivity index (χ0n) is 17.4. The molecule has 2 aromatic rings. The quantitative estimate of drug-likeness (QED) is 0.690. The predicted octanol–water partition coefficient (Wildman–Crippen LogP) is 2.06. The molecule has 0 unspecified atom stereocenters. The van der Waals surface area contributed by atoms with Gasteiger partial charge >= 0.3 is 0 Å². The minimum atomic E-state index is -3.49. The van der Waals surface area contributed by atoms with Crippen LogP contribution in [0.4, 0.5) is 0 Å². The summed E-state index contributed by atoms with van der Waals surface area (Å²) in [5.41, 5.74) is 3.09. The third kappa shape index (κ3) is 5.59. The lowest BCUT2D eigenvalue weighted by atomic mass is 10.1. The van der Waals surface area contributed by atoms with Gasteiger partial charge in [0.05, 0.1) is 18.1 Å². The first-order valence-electron chi connectivity index (χ1n) is 10.0. The topological polar surface area (TPSA) is 84.9 Å². The van der Waals surface area contributed by atoms with Crippen LogP contribution in [0.15, 0.2) is 47.4 Å². The molecule has 1 heterocycles. The summed E-state index contributed by atoms with van der Waals surface area (Å²) < 4.78 is 37.5. The molecule has 7 nitrogen and oxygen atoms in total. The molecule has 162 valence electrons. The van der Waals surface area contributed by atoms with Gasteiger partial charge in [0, 0.05) is 19.6 Å². The highest BCUT2D eigenvalue weighted by Crippen LogP contribution is 2.20. The molecule has 0 bridgehead atoms. The van der Waals surface area contributed by atoms with Gasteiger partial charge in [-0.05, 0) is 55.2 Å². The van der Waals surface area contributed by atoms with Crippen LogP contribution in [0.3, 0.4) is 0 Å². The summed E-state index contributed by atoms with van der Waals surface area (Å²) >= 11 is 0. The van der Waals surface area contributed by atoms with E-state index in [0.29, 0.717) is 45.0 Å². The summed E-state index contributed by atoms with van der Waals surface area (Å²) in [6.07, 6.45) is 0.604. The first-order valence-corrected chi connectivity index (χ1v) is 11.4. The first-order chi connectivity index (χ1) is 14.4. The minimum Gasteiger partial charge on any atom is -0.483 e. The van der Waals surface area contributed by atoms with Crippen LogP contribution in [0.2, 0.25) is 0 Å². The summed E-state index contributed by atoms with van der Waals surface area (Å²) in [4.78, 5) is 12.3. The van der Waals surface area contributed by atoms with Crippen LogP contribution >= 0.6 is 0 Å². The number of aryl methyl sites for hydroxylation is 1. The fraction of sp³-hybridized carbons (Fsp3) is 0.409. The Kier molecular flexibility index (Phi) is 7.47. The summed E-state index contributed by atoms with van der Waals surface area (Å²) in [6.45, 7) is 5.96. The maximum absolute atomic E-state index is 12.6. The van der Waals surface area contributed by atoms with E-state index in [4.69, 9.17) is 9.47 Å². The van der Waals surface area contributed by atoms with Gasteiger partial charge in [-0.25, -0.2) is 8.42 Å². The molecule has 1 aliphatic rings. The Bertz CT molecular complexity index is 968. The lowest BCUT2D eigenvalue weighted by molar-refractivity contribution is -0.123. The van der Waals surface area contributed by atoms with Gasteiger partial charge in [0.25, 0.3) is 5.91 Å². The maximum Gasteiger partial charge on any atom is 0.257 e. The number of nitrogens with one attached hydrogen (secondary N) is 1. The van der Waals surface area contributed by atoms with E-state index in [2.05, 4.69) is 5.32 Å². The highest BCUT2D eigenvalue weighted by molar-refractivity contribution is 7.89. The molecule has 0 radical (unpaired) electrons. The zero-order valence-corrected chi connectivity index (χ0v) is 18.2. The van der Waals surface area contributed by atoms with Crippen molar-refractivity contribution < 1.29 is 22.7 Å². The van der Waals surface area contributed by atoms with Gasteiger partial charge in [-0.3, -0.25) is 4.79 Å². The maximum atomic E-state index is 12.6. The van der Waals surface area contributed by atoms with Crippen LogP contribution in [0.25, 0.3) is 0 Å². The number of sulfonamides is 1. The summed E-state index contributed by atoms with van der Waals surface area (Å²) in [7, 11) is -3.49. The van der Waals surface area contributed by atoms with Crippen LogP contribution in [-0.4, -0.2) is 58.1 Å². The van der Waals surface area contributed by atoms with Crippen LogP contribution in [0.5, 0.6) is 5.75 Å². The van der Waals surface area contributed by atoms with Crippen molar-refractivity contribution in [1.29, 1.82) is 0 Å². The van der Waals surface area contributed by atoms with E-state index in [1.54, 1.807) is 24.3 Å². The SMILES string of the molecule is Cc1cccc(OCC(=O)NCCc2ccc(S(=O)(=O)N3CCOCC3)cc2)c1C. The first kappa shape index (κ1) is 22.3. The standard InChI is InChI=1S/C22H28N2O5S/c1-17-4-3-5-21(18(17)2)29-16-22(25)23-11-10-19-6-8-20(9-7-19)30(26,27)24-12-14-28-15-13-24/h3-9H,10-16H2,1-2H3,(H,23,25). The molecule has 8 heteroatoms. The summed E-state index contributed by atoms with van der Waals surface area (Å²) in [5.74, 6) is 0.518. The number of hydrogen-bond donors (Lipinski definition) is 1. The van der Waals surface area contributed by atoms with E-state index in [1.807, 2.05) is 32.0 Å². The molecule has 1 N–H and O–H groups in total. The molecule has 1 aliphatic heterocycles. The number of carbonyl (C=O) groups is 1. The van der Waals surface area contributed by atoms with Crippen LogP contribution in [0.1, 0.15) is 16.7 Å². The molecule has 1 saturated heterocycles. The lowest BCUT2D eigenvalue weighted by Crippen LogP contribution is -2.40. The Balaban J connectivity index is 1.46. The Hall–Kier alpha value is -2.42. The summed E-state index contributed by atoms with van der Waals surface area (Å²) in [6, 6.07) is 12.6. The number of carbonyl (C=O) groups excluding carboxylic acids is 1. The molecular weight excluding hydrogens is 404 g/mol. The van der Waals surface area contributed by atoms with Crippen LogP contribution in [-0.2, 0) is 26.0 Å². The third-order valence-electron chi connectivity index (χ3n) is 5.18. The molecule has 2 aromatic carbocycles. The minimum absolute atomic E-state index is 0.0407. The molecule has 0 saturated carbocycles. The number of benzene rings is 2.